The fourth-order valence-corrected chi connectivity index (χ4v) is 4.62. The molecule has 34 heavy (non-hydrogen) atoms. The molecule has 3 N–H and O–H groups in total. The average molecular weight is 473 g/mol. The minimum atomic E-state index is 0.0242. The number of anilines is 2. The minimum Gasteiger partial charge on any atom is -0.395 e. The zero-order valence-electron chi connectivity index (χ0n) is 19.1. The molecule has 0 saturated heterocycles. The molecule has 4 rings (SSSR count). The molecule has 0 fully saturated rings. The van der Waals surface area contributed by atoms with E-state index in [1.807, 2.05) is 72.5 Å². The first kappa shape index (κ1) is 23.6. The van der Waals surface area contributed by atoms with E-state index in [1.165, 1.54) is 0 Å². The summed E-state index contributed by atoms with van der Waals surface area (Å²) < 4.78 is 0. The third kappa shape index (κ3) is 5.69. The molecule has 0 saturated carbocycles. The van der Waals surface area contributed by atoms with Crippen LogP contribution in [0.4, 0.5) is 10.8 Å². The van der Waals surface area contributed by atoms with Crippen molar-refractivity contribution < 1.29 is 10.2 Å². The number of nitrogens with zero attached hydrogens (tertiary/aromatic N) is 3. The van der Waals surface area contributed by atoms with E-state index in [1.54, 1.807) is 11.3 Å². The number of benzene rings is 3. The molecule has 0 atom stereocenters. The number of hydrazone groups is 1. The molecule has 0 aliphatic carbocycles. The Morgan fingerprint density at radius 3 is 2.18 bits per heavy atom. The quantitative estimate of drug-likeness (QED) is 0.221. The zero-order chi connectivity index (χ0) is 23.8. The topological polar surface area (TPSA) is 81.0 Å². The summed E-state index contributed by atoms with van der Waals surface area (Å²) in [5.41, 5.74) is 8.95. The van der Waals surface area contributed by atoms with Gasteiger partial charge in [-0.05, 0) is 30.2 Å². The number of rotatable bonds is 10. The van der Waals surface area contributed by atoms with Crippen molar-refractivity contribution >= 4 is 27.9 Å². The van der Waals surface area contributed by atoms with Crippen LogP contribution in [0.3, 0.4) is 0 Å². The summed E-state index contributed by atoms with van der Waals surface area (Å²) in [6.07, 6.45) is 0. The molecule has 0 spiro atoms. The molecule has 0 aliphatic heterocycles. The summed E-state index contributed by atoms with van der Waals surface area (Å²) in [5.74, 6) is 0. The molecule has 3 aromatic carbocycles. The van der Waals surface area contributed by atoms with Gasteiger partial charge in [-0.25, -0.2) is 4.98 Å². The Kier molecular flexibility index (Phi) is 8.04. The summed E-state index contributed by atoms with van der Waals surface area (Å²) in [4.78, 5) is 7.89. The van der Waals surface area contributed by atoms with Crippen molar-refractivity contribution in [1.82, 2.24) is 4.98 Å². The highest BCUT2D eigenvalue weighted by Gasteiger charge is 2.15. The molecule has 7 heteroatoms. The molecule has 1 aromatic heterocycles. The maximum atomic E-state index is 9.34. The predicted octanol–water partition coefficient (Wildman–Crippen LogP) is 5.10. The van der Waals surface area contributed by atoms with Crippen LogP contribution in [0.15, 0.2) is 90.0 Å². The van der Waals surface area contributed by atoms with Crippen molar-refractivity contribution in [2.24, 2.45) is 5.10 Å². The molecule has 0 bridgehead atoms. The molecular weight excluding hydrogens is 444 g/mol. The van der Waals surface area contributed by atoms with Gasteiger partial charge in [0.05, 0.1) is 29.5 Å². The molecule has 6 nitrogen and oxygen atoms in total. The van der Waals surface area contributed by atoms with E-state index in [9.17, 15) is 10.2 Å². The average Bonchev–Trinajstić information content (AvgIpc) is 3.33. The third-order valence-electron chi connectivity index (χ3n) is 5.40. The van der Waals surface area contributed by atoms with Crippen molar-refractivity contribution in [3.8, 4) is 21.7 Å². The van der Waals surface area contributed by atoms with Gasteiger partial charge in [0.2, 0.25) is 5.13 Å². The monoisotopic (exact) mass is 472 g/mol. The fourth-order valence-electron chi connectivity index (χ4n) is 3.68. The van der Waals surface area contributed by atoms with Crippen LogP contribution in [0.1, 0.15) is 12.5 Å². The normalized spacial score (nSPS) is 11.4. The van der Waals surface area contributed by atoms with Gasteiger partial charge in [0.15, 0.2) is 0 Å². The lowest BCUT2D eigenvalue weighted by Gasteiger charge is -2.23. The lowest BCUT2D eigenvalue weighted by atomic mass is 10.1. The summed E-state index contributed by atoms with van der Waals surface area (Å²) in [6.45, 7) is 2.91. The Hall–Kier alpha value is -3.52. The predicted molar refractivity (Wildman–Crippen MR) is 142 cm³/mol. The highest BCUT2D eigenvalue weighted by molar-refractivity contribution is 7.19. The van der Waals surface area contributed by atoms with Gasteiger partial charge in [-0.1, -0.05) is 84.1 Å². The summed E-state index contributed by atoms with van der Waals surface area (Å²) in [7, 11) is 0. The van der Waals surface area contributed by atoms with E-state index < -0.39 is 0 Å². The molecule has 1 heterocycles. The van der Waals surface area contributed by atoms with Crippen molar-refractivity contribution in [3.05, 3.63) is 90.5 Å². The zero-order valence-corrected chi connectivity index (χ0v) is 19.9. The van der Waals surface area contributed by atoms with Crippen LogP contribution in [-0.4, -0.2) is 47.2 Å². The second kappa shape index (κ2) is 11.6. The summed E-state index contributed by atoms with van der Waals surface area (Å²) in [6, 6.07) is 28.3. The Bertz CT molecular complexity index is 1160. The van der Waals surface area contributed by atoms with Gasteiger partial charge in [-0.3, -0.25) is 5.43 Å². The van der Waals surface area contributed by atoms with Gasteiger partial charge < -0.3 is 15.1 Å². The van der Waals surface area contributed by atoms with E-state index in [2.05, 4.69) is 34.8 Å². The van der Waals surface area contributed by atoms with Crippen LogP contribution in [0, 0.1) is 0 Å². The molecule has 0 amide bonds. The van der Waals surface area contributed by atoms with Crippen molar-refractivity contribution in [2.45, 2.75) is 6.92 Å². The maximum Gasteiger partial charge on any atom is 0.204 e. The largest absolute Gasteiger partial charge is 0.395 e. The van der Waals surface area contributed by atoms with Crippen LogP contribution in [0.2, 0.25) is 0 Å². The minimum absolute atomic E-state index is 0.0242. The van der Waals surface area contributed by atoms with Crippen molar-refractivity contribution in [2.75, 3.05) is 36.6 Å². The number of thiazole rings is 1. The molecule has 0 aliphatic rings. The second-order valence-electron chi connectivity index (χ2n) is 7.72. The van der Waals surface area contributed by atoms with Gasteiger partial charge in [0.1, 0.15) is 0 Å². The van der Waals surface area contributed by atoms with E-state index >= 15 is 0 Å². The lowest BCUT2D eigenvalue weighted by Crippen LogP contribution is -2.29. The number of hydrogen-bond donors (Lipinski definition) is 3. The maximum absolute atomic E-state index is 9.34. The summed E-state index contributed by atoms with van der Waals surface area (Å²) >= 11 is 1.57. The van der Waals surface area contributed by atoms with Gasteiger partial charge in [-0.15, -0.1) is 0 Å². The van der Waals surface area contributed by atoms with Gasteiger partial charge in [0.25, 0.3) is 0 Å². The molecule has 4 aromatic rings. The van der Waals surface area contributed by atoms with Gasteiger partial charge in [-0.2, -0.15) is 5.10 Å². The fraction of sp³-hybridized carbons (Fsp3) is 0.185. The standard InChI is InChI=1S/C27H28N4O2S/c1-20(23-13-8-14-24(19-23)31(15-17-32)16-18-33)29-30-27-28-25(21-9-4-2-5-10-21)26(34-27)22-11-6-3-7-12-22/h2-14,19,32-33H,15-18H2,1H3,(H,28,30)/b29-20+. The van der Waals surface area contributed by atoms with E-state index in [4.69, 9.17) is 4.98 Å². The SMILES string of the molecule is C/C(=N\Nc1nc(-c2ccccc2)c(-c2ccccc2)s1)c1cccc(N(CCO)CCO)c1. The van der Waals surface area contributed by atoms with Gasteiger partial charge in [0, 0.05) is 24.3 Å². The Labute approximate surface area is 203 Å². The number of aliphatic hydroxyl groups excluding tert-OH is 2. The van der Waals surface area contributed by atoms with Crippen molar-refractivity contribution in [1.29, 1.82) is 0 Å². The van der Waals surface area contributed by atoms with Crippen molar-refractivity contribution in [3.63, 3.8) is 0 Å². The molecule has 0 radical (unpaired) electrons. The highest BCUT2D eigenvalue weighted by atomic mass is 32.1. The number of aliphatic hydroxyl groups is 2. The van der Waals surface area contributed by atoms with Crippen LogP contribution in [0.25, 0.3) is 21.7 Å². The Morgan fingerprint density at radius 2 is 1.53 bits per heavy atom. The Balaban J connectivity index is 1.60. The summed E-state index contributed by atoms with van der Waals surface area (Å²) in [5, 5.41) is 24.0. The smallest absolute Gasteiger partial charge is 0.204 e. The van der Waals surface area contributed by atoms with Gasteiger partial charge >= 0.3 is 0 Å². The first-order valence-corrected chi connectivity index (χ1v) is 12.0. The van der Waals surface area contributed by atoms with E-state index in [0.29, 0.717) is 13.1 Å². The molecular formula is C27H28N4O2S. The highest BCUT2D eigenvalue weighted by Crippen LogP contribution is 2.38. The van der Waals surface area contributed by atoms with Crippen LogP contribution in [-0.2, 0) is 0 Å². The number of nitrogens with one attached hydrogen (secondary N) is 1. The van der Waals surface area contributed by atoms with Crippen LogP contribution in [0.5, 0.6) is 0 Å². The molecule has 0 unspecified atom stereocenters. The number of aromatic nitrogens is 1. The van der Waals surface area contributed by atoms with Crippen LogP contribution >= 0.6 is 11.3 Å². The second-order valence-corrected chi connectivity index (χ2v) is 8.72. The van der Waals surface area contributed by atoms with E-state index in [0.717, 1.165) is 43.8 Å². The number of hydrogen-bond acceptors (Lipinski definition) is 7. The first-order chi connectivity index (χ1) is 16.7. The molecule has 174 valence electrons. The Morgan fingerprint density at radius 1 is 0.882 bits per heavy atom. The van der Waals surface area contributed by atoms with E-state index in [-0.39, 0.29) is 13.2 Å². The van der Waals surface area contributed by atoms with Crippen LogP contribution < -0.4 is 10.3 Å². The lowest BCUT2D eigenvalue weighted by molar-refractivity contribution is 0.281. The first-order valence-electron chi connectivity index (χ1n) is 11.2. The third-order valence-corrected chi connectivity index (χ3v) is 6.41.